The molecule has 1 aromatic carbocycles. The van der Waals surface area contributed by atoms with Crippen molar-refractivity contribution in [3.63, 3.8) is 0 Å². The summed E-state index contributed by atoms with van der Waals surface area (Å²) >= 11 is 0. The number of rotatable bonds is 7. The van der Waals surface area contributed by atoms with Gasteiger partial charge in [0.15, 0.2) is 6.10 Å². The van der Waals surface area contributed by atoms with Crippen LogP contribution in [-0.4, -0.2) is 71.1 Å². The van der Waals surface area contributed by atoms with E-state index in [1.54, 1.807) is 23.8 Å². The van der Waals surface area contributed by atoms with Crippen molar-refractivity contribution in [3.8, 4) is 6.07 Å². The van der Waals surface area contributed by atoms with E-state index in [4.69, 9.17) is 4.18 Å². The maximum atomic E-state index is 12.9. The summed E-state index contributed by atoms with van der Waals surface area (Å²) in [5.74, 6) is -2.25. The summed E-state index contributed by atoms with van der Waals surface area (Å²) in [6, 6.07) is 6.60. The van der Waals surface area contributed by atoms with Gasteiger partial charge < -0.3 is 10.2 Å². The van der Waals surface area contributed by atoms with Gasteiger partial charge in [-0.05, 0) is 38.3 Å². The molecule has 11 nitrogen and oxygen atoms in total. The smallest absolute Gasteiger partial charge is 0.297 e. The van der Waals surface area contributed by atoms with E-state index < -0.39 is 50.2 Å². The van der Waals surface area contributed by atoms with Crippen molar-refractivity contribution < 1.29 is 30.6 Å². The third-order valence-corrected chi connectivity index (χ3v) is 7.54. The van der Waals surface area contributed by atoms with Crippen molar-refractivity contribution in [1.82, 2.24) is 14.9 Å². The van der Waals surface area contributed by atoms with Crippen LogP contribution in [0.2, 0.25) is 0 Å². The van der Waals surface area contributed by atoms with Crippen LogP contribution in [0, 0.1) is 24.2 Å². The van der Waals surface area contributed by atoms with Crippen LogP contribution in [0.1, 0.15) is 24.8 Å². The highest BCUT2D eigenvalue weighted by molar-refractivity contribution is 7.89. The Morgan fingerprint density at radius 1 is 1.24 bits per heavy atom. The van der Waals surface area contributed by atoms with Gasteiger partial charge in [-0.1, -0.05) is 17.7 Å². The molecule has 2 fully saturated rings. The fourth-order valence-corrected chi connectivity index (χ4v) is 5.60. The molecule has 33 heavy (non-hydrogen) atoms. The van der Waals surface area contributed by atoms with Crippen LogP contribution < -0.4 is 10.0 Å². The van der Waals surface area contributed by atoms with E-state index in [-0.39, 0.29) is 23.8 Å². The Balaban J connectivity index is 1.81. The van der Waals surface area contributed by atoms with Crippen LogP contribution in [-0.2, 0) is 33.9 Å². The molecule has 2 amide bonds. The van der Waals surface area contributed by atoms with Gasteiger partial charge in [-0.15, -0.1) is 0 Å². The highest BCUT2D eigenvalue weighted by Crippen LogP contribution is 2.27. The maximum Gasteiger partial charge on any atom is 0.297 e. The number of sulfonamides is 1. The Morgan fingerprint density at radius 2 is 1.91 bits per heavy atom. The van der Waals surface area contributed by atoms with Gasteiger partial charge >= 0.3 is 0 Å². The first-order valence-electron chi connectivity index (χ1n) is 10.4. The molecule has 180 valence electrons. The minimum absolute atomic E-state index is 0.0404. The second-order valence-electron chi connectivity index (χ2n) is 8.30. The number of amides is 2. The van der Waals surface area contributed by atoms with Crippen molar-refractivity contribution in [2.24, 2.45) is 5.92 Å². The van der Waals surface area contributed by atoms with Crippen LogP contribution in [0.15, 0.2) is 29.2 Å². The topological polar surface area (TPSA) is 163 Å². The lowest BCUT2D eigenvalue weighted by molar-refractivity contribution is -0.133. The van der Waals surface area contributed by atoms with Gasteiger partial charge in [0.1, 0.15) is 6.04 Å². The average molecular weight is 499 g/mol. The number of nitrogens with one attached hydrogen (secondary N) is 2. The Hall–Kier alpha value is -2.53. The van der Waals surface area contributed by atoms with E-state index in [0.717, 1.165) is 11.8 Å². The number of nitriles is 1. The fraction of sp³-hybridized carbons (Fsp3) is 0.550. The quantitative estimate of drug-likeness (QED) is 0.478. The lowest BCUT2D eigenvalue weighted by Crippen LogP contribution is -2.45. The van der Waals surface area contributed by atoms with E-state index in [9.17, 15) is 31.7 Å². The molecule has 0 aliphatic carbocycles. The molecule has 0 radical (unpaired) electrons. The molecule has 0 aromatic heterocycles. The van der Waals surface area contributed by atoms with Crippen molar-refractivity contribution in [1.29, 1.82) is 5.26 Å². The summed E-state index contributed by atoms with van der Waals surface area (Å²) in [5, 5.41) is 12.2. The third-order valence-electron chi connectivity index (χ3n) is 5.66. The number of benzene rings is 1. The molecular weight excluding hydrogens is 472 g/mol. The summed E-state index contributed by atoms with van der Waals surface area (Å²) in [7, 11) is -8.39. The molecule has 2 aliphatic heterocycles. The van der Waals surface area contributed by atoms with Crippen molar-refractivity contribution in [2.75, 3.05) is 19.3 Å². The number of nitrogens with zero attached hydrogens (tertiary/aromatic N) is 2. The lowest BCUT2D eigenvalue weighted by Gasteiger charge is -2.24. The molecule has 2 N–H and O–H groups in total. The molecule has 13 heteroatoms. The molecule has 0 spiro atoms. The number of carbonyl (C=O) groups is 2. The Bertz CT molecular complexity index is 1160. The molecule has 1 aromatic rings. The Morgan fingerprint density at radius 3 is 2.52 bits per heavy atom. The van der Waals surface area contributed by atoms with Crippen molar-refractivity contribution in [3.05, 3.63) is 29.8 Å². The second-order valence-corrected chi connectivity index (χ2v) is 11.6. The molecule has 0 bridgehead atoms. The summed E-state index contributed by atoms with van der Waals surface area (Å²) in [6.45, 7) is 2.27. The van der Waals surface area contributed by atoms with Gasteiger partial charge in [0, 0.05) is 19.0 Å². The SMILES string of the molecule is Cc1ccc(S(=O)(=O)OC(C(=O)NS(C)(=O)=O)[C@H]2CN[C@H](C(=O)N3CCC[C@H]3C#N)C2)cc1. The summed E-state index contributed by atoms with van der Waals surface area (Å²) < 4.78 is 55.8. The van der Waals surface area contributed by atoms with Gasteiger partial charge in [-0.25, -0.2) is 8.42 Å². The molecule has 4 atom stereocenters. The number of aryl methyl sites for hydroxylation is 1. The number of hydrogen-bond acceptors (Lipinski definition) is 9. The maximum absolute atomic E-state index is 12.9. The minimum atomic E-state index is -4.40. The lowest BCUT2D eigenvalue weighted by atomic mass is 9.98. The Labute approximate surface area is 193 Å². The summed E-state index contributed by atoms with van der Waals surface area (Å²) in [6.07, 6.45) is 0.415. The van der Waals surface area contributed by atoms with Gasteiger partial charge in [-0.2, -0.15) is 13.7 Å². The van der Waals surface area contributed by atoms with Crippen LogP contribution in [0.5, 0.6) is 0 Å². The number of hydrogen-bond donors (Lipinski definition) is 2. The van der Waals surface area contributed by atoms with E-state index in [1.165, 1.54) is 17.0 Å². The molecule has 2 aliphatic rings. The predicted molar refractivity (Wildman–Crippen MR) is 116 cm³/mol. The highest BCUT2D eigenvalue weighted by Gasteiger charge is 2.43. The zero-order valence-electron chi connectivity index (χ0n) is 18.2. The first-order chi connectivity index (χ1) is 15.4. The first-order valence-corrected chi connectivity index (χ1v) is 13.7. The number of likely N-dealkylation sites (tertiary alicyclic amines) is 1. The van der Waals surface area contributed by atoms with Gasteiger partial charge in [0.25, 0.3) is 16.0 Å². The van der Waals surface area contributed by atoms with E-state index in [0.29, 0.717) is 19.4 Å². The van der Waals surface area contributed by atoms with Crippen molar-refractivity contribution >= 4 is 32.0 Å². The highest BCUT2D eigenvalue weighted by atomic mass is 32.2. The zero-order chi connectivity index (χ0) is 24.4. The van der Waals surface area contributed by atoms with E-state index in [1.807, 2.05) is 0 Å². The largest absolute Gasteiger partial charge is 0.325 e. The molecule has 3 rings (SSSR count). The molecule has 1 unspecified atom stereocenters. The predicted octanol–water partition coefficient (Wildman–Crippen LogP) is -0.363. The van der Waals surface area contributed by atoms with E-state index >= 15 is 0 Å². The number of carbonyl (C=O) groups excluding carboxylic acids is 2. The minimum Gasteiger partial charge on any atom is -0.325 e. The second kappa shape index (κ2) is 9.76. The standard InChI is InChI=1S/C20H26N4O7S2/c1-13-5-7-16(8-6-13)33(29,30)31-18(19(25)23-32(2,27)28)14-10-17(22-12-14)20(26)24-9-3-4-15(24)11-21/h5-8,14-15,17-18,22H,3-4,9-10,12H2,1-2H3,(H,23,25)/t14-,15+,17+,18?/m1/s1. The monoisotopic (exact) mass is 498 g/mol. The van der Waals surface area contributed by atoms with Crippen molar-refractivity contribution in [2.45, 2.75) is 49.3 Å². The Kier molecular flexibility index (Phi) is 7.42. The van der Waals surface area contributed by atoms with Crippen LogP contribution in [0.4, 0.5) is 0 Å². The summed E-state index contributed by atoms with van der Waals surface area (Å²) in [5.41, 5.74) is 0.819. The third kappa shape index (κ3) is 6.08. The molecule has 2 heterocycles. The van der Waals surface area contributed by atoms with E-state index in [2.05, 4.69) is 11.4 Å². The zero-order valence-corrected chi connectivity index (χ0v) is 19.9. The molecular formula is C20H26N4O7S2. The van der Waals surface area contributed by atoms with Crippen LogP contribution >= 0.6 is 0 Å². The van der Waals surface area contributed by atoms with Crippen LogP contribution in [0.3, 0.4) is 0 Å². The van der Waals surface area contributed by atoms with Gasteiger partial charge in [-0.3, -0.25) is 18.5 Å². The molecule has 0 saturated carbocycles. The normalized spacial score (nSPS) is 24.3. The molecule has 2 saturated heterocycles. The summed E-state index contributed by atoms with van der Waals surface area (Å²) in [4.78, 5) is 26.9. The van der Waals surface area contributed by atoms with Gasteiger partial charge in [0.2, 0.25) is 15.9 Å². The average Bonchev–Trinajstić information content (AvgIpc) is 3.40. The van der Waals surface area contributed by atoms with Crippen LogP contribution in [0.25, 0.3) is 0 Å². The van der Waals surface area contributed by atoms with Gasteiger partial charge in [0.05, 0.1) is 23.3 Å². The fourth-order valence-electron chi connectivity index (χ4n) is 4.02. The first kappa shape index (κ1) is 25.1.